The normalized spacial score (nSPS) is 10.2. The van der Waals surface area contributed by atoms with Crippen molar-refractivity contribution < 1.29 is 23.5 Å². The number of benzene rings is 2. The summed E-state index contributed by atoms with van der Waals surface area (Å²) >= 11 is 0. The SMILES string of the molecule is COC(=O)c1cc(CNC(=O)CCc2ccc(F)cc2)ccc1OC. The van der Waals surface area contributed by atoms with E-state index in [4.69, 9.17) is 9.47 Å². The molecule has 0 atom stereocenters. The molecule has 0 aromatic heterocycles. The van der Waals surface area contributed by atoms with E-state index in [1.165, 1.54) is 26.4 Å². The molecule has 0 heterocycles. The smallest absolute Gasteiger partial charge is 0.341 e. The third-order valence-corrected chi connectivity index (χ3v) is 3.71. The predicted octanol–water partition coefficient (Wildman–Crippen LogP) is 2.87. The zero-order valence-corrected chi connectivity index (χ0v) is 14.2. The van der Waals surface area contributed by atoms with Gasteiger partial charge in [-0.15, -0.1) is 0 Å². The van der Waals surface area contributed by atoms with Crippen LogP contribution >= 0.6 is 0 Å². The summed E-state index contributed by atoms with van der Waals surface area (Å²) in [6.07, 6.45) is 0.827. The van der Waals surface area contributed by atoms with Crippen LogP contribution < -0.4 is 10.1 Å². The fraction of sp³-hybridized carbons (Fsp3) is 0.263. The lowest BCUT2D eigenvalue weighted by molar-refractivity contribution is -0.121. The van der Waals surface area contributed by atoms with Crippen LogP contribution in [-0.4, -0.2) is 26.1 Å². The lowest BCUT2D eigenvalue weighted by Gasteiger charge is -2.10. The molecule has 5 nitrogen and oxygen atoms in total. The van der Waals surface area contributed by atoms with E-state index in [0.29, 0.717) is 24.2 Å². The molecular formula is C19H20FNO4. The van der Waals surface area contributed by atoms with Crippen molar-refractivity contribution in [2.75, 3.05) is 14.2 Å². The number of nitrogens with one attached hydrogen (secondary N) is 1. The van der Waals surface area contributed by atoms with Gasteiger partial charge in [-0.1, -0.05) is 18.2 Å². The summed E-state index contributed by atoms with van der Waals surface area (Å²) in [7, 11) is 2.77. The van der Waals surface area contributed by atoms with Crippen molar-refractivity contribution in [1.82, 2.24) is 5.32 Å². The van der Waals surface area contributed by atoms with E-state index in [9.17, 15) is 14.0 Å². The molecule has 2 aromatic carbocycles. The topological polar surface area (TPSA) is 64.6 Å². The first kappa shape index (κ1) is 18.4. The van der Waals surface area contributed by atoms with Gasteiger partial charge in [-0.2, -0.15) is 0 Å². The van der Waals surface area contributed by atoms with Crippen LogP contribution in [-0.2, 0) is 22.5 Å². The molecule has 0 aliphatic rings. The zero-order chi connectivity index (χ0) is 18.2. The summed E-state index contributed by atoms with van der Waals surface area (Å²) in [6, 6.07) is 11.1. The van der Waals surface area contributed by atoms with E-state index < -0.39 is 5.97 Å². The highest BCUT2D eigenvalue weighted by Gasteiger charge is 2.13. The second-order valence-corrected chi connectivity index (χ2v) is 5.43. The van der Waals surface area contributed by atoms with Gasteiger partial charge >= 0.3 is 5.97 Å². The van der Waals surface area contributed by atoms with Gasteiger partial charge in [0.2, 0.25) is 5.91 Å². The molecule has 0 bridgehead atoms. The highest BCUT2D eigenvalue weighted by molar-refractivity contribution is 5.92. The number of carbonyl (C=O) groups is 2. The Hall–Kier alpha value is -2.89. The summed E-state index contributed by atoms with van der Waals surface area (Å²) in [5, 5.41) is 2.80. The minimum Gasteiger partial charge on any atom is -0.496 e. The molecule has 2 aromatic rings. The Balaban J connectivity index is 1.90. The zero-order valence-electron chi connectivity index (χ0n) is 14.2. The molecule has 0 saturated carbocycles. The number of aryl methyl sites for hydroxylation is 1. The van der Waals surface area contributed by atoms with Gasteiger partial charge in [0.05, 0.1) is 14.2 Å². The molecule has 1 amide bonds. The van der Waals surface area contributed by atoms with Crippen LogP contribution in [0.1, 0.15) is 27.9 Å². The van der Waals surface area contributed by atoms with E-state index in [2.05, 4.69) is 5.32 Å². The van der Waals surface area contributed by atoms with Crippen LogP contribution in [0.15, 0.2) is 42.5 Å². The van der Waals surface area contributed by atoms with Gasteiger partial charge < -0.3 is 14.8 Å². The van der Waals surface area contributed by atoms with E-state index in [1.54, 1.807) is 30.3 Å². The Kier molecular flexibility index (Phi) is 6.51. The molecular weight excluding hydrogens is 325 g/mol. The number of halogens is 1. The maximum Gasteiger partial charge on any atom is 0.341 e. The molecule has 6 heteroatoms. The average Bonchev–Trinajstić information content (AvgIpc) is 2.65. The van der Waals surface area contributed by atoms with Crippen molar-refractivity contribution in [2.45, 2.75) is 19.4 Å². The number of hydrogen-bond donors (Lipinski definition) is 1. The van der Waals surface area contributed by atoms with Crippen LogP contribution in [0.2, 0.25) is 0 Å². The molecule has 0 spiro atoms. The predicted molar refractivity (Wildman–Crippen MR) is 90.9 cm³/mol. The molecule has 0 aliphatic carbocycles. The maximum absolute atomic E-state index is 12.8. The van der Waals surface area contributed by atoms with Gasteiger partial charge in [0, 0.05) is 13.0 Å². The average molecular weight is 345 g/mol. The second kappa shape index (κ2) is 8.82. The first-order valence-corrected chi connectivity index (χ1v) is 7.80. The van der Waals surface area contributed by atoms with Crippen molar-refractivity contribution >= 4 is 11.9 Å². The van der Waals surface area contributed by atoms with Gasteiger partial charge in [0.25, 0.3) is 0 Å². The van der Waals surface area contributed by atoms with Gasteiger partial charge in [-0.25, -0.2) is 9.18 Å². The highest BCUT2D eigenvalue weighted by Crippen LogP contribution is 2.20. The van der Waals surface area contributed by atoms with Crippen molar-refractivity contribution in [3.8, 4) is 5.75 Å². The number of esters is 1. The third kappa shape index (κ3) is 5.31. The molecule has 132 valence electrons. The largest absolute Gasteiger partial charge is 0.496 e. The van der Waals surface area contributed by atoms with Crippen LogP contribution in [0.3, 0.4) is 0 Å². The molecule has 25 heavy (non-hydrogen) atoms. The van der Waals surface area contributed by atoms with Crippen molar-refractivity contribution in [3.63, 3.8) is 0 Å². The molecule has 0 saturated heterocycles. The summed E-state index contributed by atoms with van der Waals surface area (Å²) in [5.74, 6) is -0.506. The molecule has 0 aliphatic heterocycles. The fourth-order valence-electron chi connectivity index (χ4n) is 2.33. The van der Waals surface area contributed by atoms with Crippen LogP contribution in [0.4, 0.5) is 4.39 Å². The lowest BCUT2D eigenvalue weighted by atomic mass is 10.1. The Morgan fingerprint density at radius 1 is 1.04 bits per heavy atom. The van der Waals surface area contributed by atoms with Gasteiger partial charge in [0.15, 0.2) is 0 Å². The maximum atomic E-state index is 12.8. The van der Waals surface area contributed by atoms with E-state index >= 15 is 0 Å². The fourth-order valence-corrected chi connectivity index (χ4v) is 2.33. The monoisotopic (exact) mass is 345 g/mol. The van der Waals surface area contributed by atoms with Crippen molar-refractivity contribution in [2.24, 2.45) is 0 Å². The number of carbonyl (C=O) groups excluding carboxylic acids is 2. The van der Waals surface area contributed by atoms with Crippen LogP contribution in [0, 0.1) is 5.82 Å². The molecule has 0 unspecified atom stereocenters. The number of rotatable bonds is 7. The summed E-state index contributed by atoms with van der Waals surface area (Å²) in [4.78, 5) is 23.7. The first-order valence-electron chi connectivity index (χ1n) is 7.80. The van der Waals surface area contributed by atoms with E-state index in [1.807, 2.05) is 0 Å². The standard InChI is InChI=1S/C19H20FNO4/c1-24-17-9-5-14(11-16(17)19(23)25-2)12-21-18(22)10-6-13-3-7-15(20)8-4-13/h3-5,7-9,11H,6,10,12H2,1-2H3,(H,21,22). The van der Waals surface area contributed by atoms with Crippen LogP contribution in [0.5, 0.6) is 5.75 Å². The molecule has 1 N–H and O–H groups in total. The van der Waals surface area contributed by atoms with E-state index in [0.717, 1.165) is 11.1 Å². The van der Waals surface area contributed by atoms with Gasteiger partial charge in [-0.3, -0.25) is 4.79 Å². The minimum absolute atomic E-state index is 0.125. The second-order valence-electron chi connectivity index (χ2n) is 5.43. The quantitative estimate of drug-likeness (QED) is 0.784. The minimum atomic E-state index is -0.499. The number of hydrogen-bond acceptors (Lipinski definition) is 4. The Morgan fingerprint density at radius 3 is 2.36 bits per heavy atom. The summed E-state index contributed by atoms with van der Waals surface area (Å²) in [5.41, 5.74) is 1.97. The lowest BCUT2D eigenvalue weighted by Crippen LogP contribution is -2.23. The molecule has 0 radical (unpaired) electrons. The van der Waals surface area contributed by atoms with Crippen molar-refractivity contribution in [1.29, 1.82) is 0 Å². The Labute approximate surface area is 145 Å². The summed E-state index contributed by atoms with van der Waals surface area (Å²) < 4.78 is 22.7. The summed E-state index contributed by atoms with van der Waals surface area (Å²) in [6.45, 7) is 0.288. The highest BCUT2D eigenvalue weighted by atomic mass is 19.1. The van der Waals surface area contributed by atoms with Crippen LogP contribution in [0.25, 0.3) is 0 Å². The Bertz CT molecular complexity index is 744. The van der Waals surface area contributed by atoms with Crippen molar-refractivity contribution in [3.05, 3.63) is 65.0 Å². The Morgan fingerprint density at radius 2 is 1.72 bits per heavy atom. The van der Waals surface area contributed by atoms with Gasteiger partial charge in [-0.05, 0) is 41.8 Å². The number of methoxy groups -OCH3 is 2. The third-order valence-electron chi connectivity index (χ3n) is 3.71. The van der Waals surface area contributed by atoms with E-state index in [-0.39, 0.29) is 18.3 Å². The first-order chi connectivity index (χ1) is 12.0. The molecule has 2 rings (SSSR count). The number of amides is 1. The van der Waals surface area contributed by atoms with Gasteiger partial charge in [0.1, 0.15) is 17.1 Å². The number of ether oxygens (including phenoxy) is 2. The molecule has 0 fully saturated rings.